The molecular formula is C19H19N3S. The van der Waals surface area contributed by atoms with Crippen molar-refractivity contribution in [1.82, 2.24) is 9.88 Å². The minimum Gasteiger partial charge on any atom is -0.352 e. The highest BCUT2D eigenvalue weighted by atomic mass is 32.1. The molecule has 2 aromatic carbocycles. The Hall–Kier alpha value is -2.46. The number of hydrogen-bond donors (Lipinski definition) is 1. The first-order valence-corrected chi connectivity index (χ1v) is 8.04. The number of hydrogen-bond acceptors (Lipinski definition) is 2. The first-order chi connectivity index (χ1) is 11.2. The molecule has 0 aliphatic heterocycles. The molecule has 0 aliphatic rings. The summed E-state index contributed by atoms with van der Waals surface area (Å²) in [5, 5.41) is 6.46. The van der Waals surface area contributed by atoms with Crippen LogP contribution in [0.5, 0.6) is 0 Å². The maximum Gasteiger partial charge on any atom is 0.173 e. The van der Waals surface area contributed by atoms with Gasteiger partial charge in [0.15, 0.2) is 5.11 Å². The van der Waals surface area contributed by atoms with E-state index in [0.29, 0.717) is 0 Å². The highest BCUT2D eigenvalue weighted by molar-refractivity contribution is 7.80. The Morgan fingerprint density at radius 1 is 1.04 bits per heavy atom. The predicted octanol–water partition coefficient (Wildman–Crippen LogP) is 4.11. The number of nitrogens with one attached hydrogen (secondary N) is 1. The lowest BCUT2D eigenvalue weighted by Crippen LogP contribution is -2.32. The standard InChI is InChI=1S/C19H19N3S/c1-22(13-11-17-8-4-5-12-20-17)19(23)21-18-10-9-15-6-2-3-7-16(15)14-18/h2-10,12,14H,11,13H2,1H3,(H,21,23). The van der Waals surface area contributed by atoms with E-state index in [1.54, 1.807) is 0 Å². The molecule has 1 N–H and O–H groups in total. The quantitative estimate of drug-likeness (QED) is 0.732. The van der Waals surface area contributed by atoms with Crippen molar-refractivity contribution in [3.63, 3.8) is 0 Å². The third kappa shape index (κ3) is 4.05. The molecule has 4 heteroatoms. The van der Waals surface area contributed by atoms with Gasteiger partial charge in [0, 0.05) is 37.6 Å². The molecule has 1 aromatic heterocycles. The summed E-state index contributed by atoms with van der Waals surface area (Å²) in [6, 6.07) is 20.6. The van der Waals surface area contributed by atoms with Gasteiger partial charge in [0.05, 0.1) is 0 Å². The van der Waals surface area contributed by atoms with E-state index < -0.39 is 0 Å². The normalized spacial score (nSPS) is 10.5. The number of rotatable bonds is 4. The van der Waals surface area contributed by atoms with Crippen LogP contribution in [0.3, 0.4) is 0 Å². The van der Waals surface area contributed by atoms with Crippen LogP contribution in [0.25, 0.3) is 10.8 Å². The van der Waals surface area contributed by atoms with Crippen LogP contribution >= 0.6 is 12.2 Å². The second-order valence-corrected chi connectivity index (χ2v) is 5.87. The highest BCUT2D eigenvalue weighted by Gasteiger charge is 2.06. The fourth-order valence-electron chi connectivity index (χ4n) is 2.42. The van der Waals surface area contributed by atoms with Crippen LogP contribution in [0, 0.1) is 0 Å². The van der Waals surface area contributed by atoms with E-state index in [4.69, 9.17) is 12.2 Å². The van der Waals surface area contributed by atoms with E-state index >= 15 is 0 Å². The van der Waals surface area contributed by atoms with E-state index in [1.807, 2.05) is 48.5 Å². The smallest absolute Gasteiger partial charge is 0.173 e. The lowest BCUT2D eigenvalue weighted by atomic mass is 10.1. The Kier molecular flexibility index (Phi) is 4.83. The number of pyridine rings is 1. The van der Waals surface area contributed by atoms with Crippen molar-refractivity contribution in [2.75, 3.05) is 18.9 Å². The van der Waals surface area contributed by atoms with Crippen molar-refractivity contribution in [1.29, 1.82) is 0 Å². The van der Waals surface area contributed by atoms with Gasteiger partial charge in [-0.3, -0.25) is 4.98 Å². The van der Waals surface area contributed by atoms with E-state index in [0.717, 1.165) is 29.5 Å². The highest BCUT2D eigenvalue weighted by Crippen LogP contribution is 2.19. The molecule has 0 atom stereocenters. The van der Waals surface area contributed by atoms with E-state index in [2.05, 4.69) is 40.6 Å². The van der Waals surface area contributed by atoms with Crippen LogP contribution in [0.2, 0.25) is 0 Å². The first-order valence-electron chi connectivity index (χ1n) is 7.63. The molecule has 0 saturated carbocycles. The Morgan fingerprint density at radius 2 is 1.83 bits per heavy atom. The molecule has 0 unspecified atom stereocenters. The molecule has 0 aliphatic carbocycles. The van der Waals surface area contributed by atoms with Crippen LogP contribution in [0.4, 0.5) is 5.69 Å². The second-order valence-electron chi connectivity index (χ2n) is 5.48. The molecule has 1 heterocycles. The zero-order valence-electron chi connectivity index (χ0n) is 13.1. The van der Waals surface area contributed by atoms with Gasteiger partial charge in [0.25, 0.3) is 0 Å². The number of fused-ring (bicyclic) bond motifs is 1. The molecule has 0 amide bonds. The monoisotopic (exact) mass is 321 g/mol. The fraction of sp³-hybridized carbons (Fsp3) is 0.158. The van der Waals surface area contributed by atoms with Gasteiger partial charge >= 0.3 is 0 Å². The number of anilines is 1. The zero-order valence-corrected chi connectivity index (χ0v) is 13.9. The molecule has 0 bridgehead atoms. The number of benzene rings is 2. The molecule has 0 saturated heterocycles. The summed E-state index contributed by atoms with van der Waals surface area (Å²) >= 11 is 5.49. The van der Waals surface area contributed by atoms with Crippen molar-refractivity contribution in [3.8, 4) is 0 Å². The maximum atomic E-state index is 5.49. The van der Waals surface area contributed by atoms with Crippen molar-refractivity contribution in [2.45, 2.75) is 6.42 Å². The van der Waals surface area contributed by atoms with Crippen LogP contribution in [0.15, 0.2) is 66.9 Å². The third-order valence-electron chi connectivity index (χ3n) is 3.78. The van der Waals surface area contributed by atoms with Gasteiger partial charge in [-0.15, -0.1) is 0 Å². The molecule has 116 valence electrons. The van der Waals surface area contributed by atoms with Gasteiger partial charge in [0.2, 0.25) is 0 Å². The summed E-state index contributed by atoms with van der Waals surface area (Å²) < 4.78 is 0. The van der Waals surface area contributed by atoms with Gasteiger partial charge in [-0.1, -0.05) is 36.4 Å². The Labute approximate surface area is 142 Å². The Balaban J connectivity index is 1.60. The topological polar surface area (TPSA) is 28.2 Å². The van der Waals surface area contributed by atoms with Gasteiger partial charge in [0.1, 0.15) is 0 Å². The largest absolute Gasteiger partial charge is 0.352 e. The van der Waals surface area contributed by atoms with Crippen molar-refractivity contribution < 1.29 is 0 Å². The first kappa shape index (κ1) is 15.4. The van der Waals surface area contributed by atoms with E-state index in [-0.39, 0.29) is 0 Å². The number of thiocarbonyl (C=S) groups is 1. The maximum absolute atomic E-state index is 5.49. The van der Waals surface area contributed by atoms with Crippen molar-refractivity contribution in [3.05, 3.63) is 72.6 Å². The van der Waals surface area contributed by atoms with Gasteiger partial charge in [-0.2, -0.15) is 0 Å². The van der Waals surface area contributed by atoms with Crippen LogP contribution in [-0.2, 0) is 6.42 Å². The predicted molar refractivity (Wildman–Crippen MR) is 101 cm³/mol. The van der Waals surface area contributed by atoms with Crippen LogP contribution in [-0.4, -0.2) is 28.6 Å². The second kappa shape index (κ2) is 7.20. The summed E-state index contributed by atoms with van der Waals surface area (Å²) in [5.41, 5.74) is 2.09. The summed E-state index contributed by atoms with van der Waals surface area (Å²) in [6.07, 6.45) is 2.69. The van der Waals surface area contributed by atoms with Crippen LogP contribution < -0.4 is 5.32 Å². The molecule has 3 aromatic rings. The minimum atomic E-state index is 0.719. The molecule has 3 rings (SSSR count). The fourth-order valence-corrected chi connectivity index (χ4v) is 2.62. The summed E-state index contributed by atoms with van der Waals surface area (Å²) in [6.45, 7) is 0.830. The molecular weight excluding hydrogens is 302 g/mol. The minimum absolute atomic E-state index is 0.719. The molecule has 3 nitrogen and oxygen atoms in total. The summed E-state index contributed by atoms with van der Waals surface area (Å²) in [5.74, 6) is 0. The molecule has 0 fully saturated rings. The average Bonchev–Trinajstić information content (AvgIpc) is 2.60. The zero-order chi connectivity index (χ0) is 16.1. The van der Waals surface area contributed by atoms with Gasteiger partial charge in [-0.05, 0) is 47.3 Å². The van der Waals surface area contributed by atoms with Crippen molar-refractivity contribution >= 4 is 33.8 Å². The number of aromatic nitrogens is 1. The SMILES string of the molecule is CN(CCc1ccccn1)C(=S)Nc1ccc2ccccc2c1. The van der Waals surface area contributed by atoms with E-state index in [9.17, 15) is 0 Å². The third-order valence-corrected chi connectivity index (χ3v) is 4.19. The van der Waals surface area contributed by atoms with Gasteiger partial charge < -0.3 is 10.2 Å². The van der Waals surface area contributed by atoms with E-state index in [1.165, 1.54) is 10.8 Å². The lowest BCUT2D eigenvalue weighted by molar-refractivity contribution is 0.512. The summed E-state index contributed by atoms with van der Waals surface area (Å²) in [7, 11) is 2.00. The lowest BCUT2D eigenvalue weighted by Gasteiger charge is -2.21. The number of nitrogens with zero attached hydrogens (tertiary/aromatic N) is 2. The summed E-state index contributed by atoms with van der Waals surface area (Å²) in [4.78, 5) is 6.38. The molecule has 0 spiro atoms. The van der Waals surface area contributed by atoms with Gasteiger partial charge in [-0.25, -0.2) is 0 Å². The average molecular weight is 321 g/mol. The molecule has 23 heavy (non-hydrogen) atoms. The Bertz CT molecular complexity index is 802. The van der Waals surface area contributed by atoms with Crippen molar-refractivity contribution in [2.24, 2.45) is 0 Å². The Morgan fingerprint density at radius 3 is 2.61 bits per heavy atom. The van der Waals surface area contributed by atoms with Crippen LogP contribution in [0.1, 0.15) is 5.69 Å². The number of likely N-dealkylation sites (N-methyl/N-ethyl adjacent to an activating group) is 1. The molecule has 0 radical (unpaired) electrons.